The van der Waals surface area contributed by atoms with Crippen molar-refractivity contribution in [2.75, 3.05) is 0 Å². The van der Waals surface area contributed by atoms with E-state index in [1.807, 2.05) is 30.3 Å². The summed E-state index contributed by atoms with van der Waals surface area (Å²) in [5.74, 6) is 0. The Morgan fingerprint density at radius 2 is 2.00 bits per heavy atom. The van der Waals surface area contributed by atoms with Crippen LogP contribution in [0.3, 0.4) is 0 Å². The van der Waals surface area contributed by atoms with Gasteiger partial charge in [0.25, 0.3) is 0 Å². The molecule has 0 fully saturated rings. The standard InChI is InChI=1S/C13H7N3.Y/c1-2-4-12-10(3-1)7-11(8-15-12)13-5-6-14-9-16-13;/h1-4,6-7,9H;/q-2;. The van der Waals surface area contributed by atoms with E-state index in [-0.39, 0.29) is 32.7 Å². The fourth-order valence-corrected chi connectivity index (χ4v) is 1.55. The molecule has 0 aliphatic rings. The first kappa shape index (κ1) is 12.3. The van der Waals surface area contributed by atoms with Crippen molar-refractivity contribution in [2.24, 2.45) is 0 Å². The minimum Gasteiger partial charge on any atom is -0.372 e. The van der Waals surface area contributed by atoms with Crippen LogP contribution in [0.1, 0.15) is 0 Å². The summed E-state index contributed by atoms with van der Waals surface area (Å²) in [6.45, 7) is 0. The van der Waals surface area contributed by atoms with E-state index >= 15 is 0 Å². The first-order valence-corrected chi connectivity index (χ1v) is 4.89. The van der Waals surface area contributed by atoms with E-state index in [1.54, 1.807) is 6.20 Å². The molecule has 0 bridgehead atoms. The fourth-order valence-electron chi connectivity index (χ4n) is 1.55. The smallest absolute Gasteiger partial charge is 0.100 e. The van der Waals surface area contributed by atoms with Crippen LogP contribution in [0.5, 0.6) is 0 Å². The molecule has 1 radical (unpaired) electrons. The minimum absolute atomic E-state index is 0. The van der Waals surface area contributed by atoms with Crippen LogP contribution in [-0.4, -0.2) is 15.0 Å². The van der Waals surface area contributed by atoms with E-state index in [9.17, 15) is 0 Å². The molecule has 2 aromatic heterocycles. The van der Waals surface area contributed by atoms with Crippen LogP contribution in [0, 0.1) is 12.3 Å². The zero-order chi connectivity index (χ0) is 10.8. The predicted octanol–water partition coefficient (Wildman–Crippen LogP) is 2.29. The number of aromatic nitrogens is 3. The maximum Gasteiger partial charge on any atom is 0.100 e. The normalized spacial score (nSPS) is 9.88. The number of hydrogen-bond donors (Lipinski definition) is 0. The van der Waals surface area contributed by atoms with Gasteiger partial charge in [0, 0.05) is 32.7 Å². The SMILES string of the molecule is [Y].[c-]1nc2ccccc2cc1-c1[c-]cncn1. The molecular weight excluding hydrogens is 287 g/mol. The Hall–Kier alpha value is -1.19. The summed E-state index contributed by atoms with van der Waals surface area (Å²) in [5, 5.41) is 1.07. The molecule has 0 aliphatic heterocycles. The van der Waals surface area contributed by atoms with Gasteiger partial charge in [0.05, 0.1) is 0 Å². The molecule has 0 aliphatic carbocycles. The first-order chi connectivity index (χ1) is 7.93. The first-order valence-electron chi connectivity index (χ1n) is 4.89. The average molecular weight is 294 g/mol. The van der Waals surface area contributed by atoms with Gasteiger partial charge in [-0.3, -0.25) is 16.6 Å². The molecule has 0 saturated carbocycles. The second-order valence-corrected chi connectivity index (χ2v) is 3.36. The Balaban J connectivity index is 0.00000108. The number of fused-ring (bicyclic) bond motifs is 1. The Morgan fingerprint density at radius 3 is 2.82 bits per heavy atom. The van der Waals surface area contributed by atoms with Crippen molar-refractivity contribution >= 4 is 10.9 Å². The summed E-state index contributed by atoms with van der Waals surface area (Å²) >= 11 is 0. The summed E-state index contributed by atoms with van der Waals surface area (Å²) in [7, 11) is 0. The zero-order valence-corrected chi connectivity index (χ0v) is 11.8. The zero-order valence-electron chi connectivity index (χ0n) is 8.96. The monoisotopic (exact) mass is 294 g/mol. The fraction of sp³-hybridized carbons (Fsp3) is 0. The second kappa shape index (κ2) is 5.43. The summed E-state index contributed by atoms with van der Waals surface area (Å²) in [5.41, 5.74) is 2.48. The van der Waals surface area contributed by atoms with Crippen LogP contribution in [0.2, 0.25) is 0 Å². The summed E-state index contributed by atoms with van der Waals surface area (Å²) in [6, 6.07) is 12.9. The number of nitrogens with zero attached hydrogens (tertiary/aromatic N) is 3. The molecular formula is C13H7N3Y-2. The van der Waals surface area contributed by atoms with Crippen molar-refractivity contribution in [3.63, 3.8) is 0 Å². The molecule has 17 heavy (non-hydrogen) atoms. The van der Waals surface area contributed by atoms with Crippen molar-refractivity contribution in [1.29, 1.82) is 0 Å². The number of rotatable bonds is 1. The van der Waals surface area contributed by atoms with Crippen LogP contribution in [0.15, 0.2) is 42.9 Å². The van der Waals surface area contributed by atoms with Gasteiger partial charge in [0.2, 0.25) is 0 Å². The van der Waals surface area contributed by atoms with E-state index in [0.717, 1.165) is 16.5 Å². The average Bonchev–Trinajstić information content (AvgIpc) is 2.39. The molecule has 0 spiro atoms. The molecule has 0 N–H and O–H groups in total. The van der Waals surface area contributed by atoms with Gasteiger partial charge in [0.1, 0.15) is 6.33 Å². The minimum atomic E-state index is 0. The largest absolute Gasteiger partial charge is 0.372 e. The van der Waals surface area contributed by atoms with E-state index < -0.39 is 0 Å². The van der Waals surface area contributed by atoms with Gasteiger partial charge in [-0.15, -0.1) is 11.6 Å². The number of hydrogen-bond acceptors (Lipinski definition) is 3. The third-order valence-corrected chi connectivity index (χ3v) is 2.32. The topological polar surface area (TPSA) is 38.7 Å². The molecule has 3 nitrogen and oxygen atoms in total. The maximum atomic E-state index is 4.25. The molecule has 4 heteroatoms. The van der Waals surface area contributed by atoms with Gasteiger partial charge < -0.3 is 9.97 Å². The molecule has 2 heterocycles. The van der Waals surface area contributed by atoms with Gasteiger partial charge in [-0.05, 0) is 5.52 Å². The van der Waals surface area contributed by atoms with Crippen LogP contribution in [0.4, 0.5) is 0 Å². The van der Waals surface area contributed by atoms with Crippen molar-refractivity contribution in [1.82, 2.24) is 15.0 Å². The van der Waals surface area contributed by atoms with Crippen LogP contribution < -0.4 is 0 Å². The third kappa shape index (κ3) is 2.56. The molecule has 0 atom stereocenters. The molecule has 3 rings (SSSR count). The van der Waals surface area contributed by atoms with Crippen molar-refractivity contribution < 1.29 is 32.7 Å². The molecule has 0 unspecified atom stereocenters. The summed E-state index contributed by atoms with van der Waals surface area (Å²) < 4.78 is 0. The van der Waals surface area contributed by atoms with E-state index in [4.69, 9.17) is 0 Å². The van der Waals surface area contributed by atoms with Crippen molar-refractivity contribution in [3.8, 4) is 11.3 Å². The van der Waals surface area contributed by atoms with Gasteiger partial charge in [-0.1, -0.05) is 30.5 Å². The van der Waals surface area contributed by atoms with Crippen LogP contribution >= 0.6 is 0 Å². The molecule has 0 amide bonds. The maximum absolute atomic E-state index is 4.25. The molecule has 1 aromatic carbocycles. The van der Waals surface area contributed by atoms with E-state index in [2.05, 4.69) is 27.2 Å². The molecule has 79 valence electrons. The van der Waals surface area contributed by atoms with Crippen molar-refractivity contribution in [3.05, 3.63) is 55.1 Å². The Kier molecular flexibility index (Phi) is 3.92. The van der Waals surface area contributed by atoms with E-state index in [1.165, 1.54) is 6.33 Å². The van der Waals surface area contributed by atoms with Gasteiger partial charge in [0.15, 0.2) is 0 Å². The molecule has 0 saturated heterocycles. The summed E-state index contributed by atoms with van der Waals surface area (Å²) in [4.78, 5) is 12.2. The third-order valence-electron chi connectivity index (χ3n) is 2.32. The Morgan fingerprint density at radius 1 is 1.12 bits per heavy atom. The Bertz CT molecular complexity index is 626. The van der Waals surface area contributed by atoms with Crippen molar-refractivity contribution in [2.45, 2.75) is 0 Å². The Labute approximate surface area is 124 Å². The summed E-state index contributed by atoms with van der Waals surface area (Å²) in [6.07, 6.45) is 6.04. The van der Waals surface area contributed by atoms with Gasteiger partial charge in [-0.25, -0.2) is 6.07 Å². The van der Waals surface area contributed by atoms with E-state index in [0.29, 0.717) is 5.69 Å². The quantitative estimate of drug-likeness (QED) is 0.646. The second-order valence-electron chi connectivity index (χ2n) is 3.36. The number of benzene rings is 1. The van der Waals surface area contributed by atoms with Crippen LogP contribution in [-0.2, 0) is 32.7 Å². The number of para-hydroxylation sites is 1. The van der Waals surface area contributed by atoms with Gasteiger partial charge >= 0.3 is 0 Å². The molecule has 3 aromatic rings. The van der Waals surface area contributed by atoms with Crippen LogP contribution in [0.25, 0.3) is 22.2 Å². The van der Waals surface area contributed by atoms with Gasteiger partial charge in [-0.2, -0.15) is 5.69 Å². The number of pyridine rings is 1. The predicted molar refractivity (Wildman–Crippen MR) is 60.4 cm³/mol.